The van der Waals surface area contributed by atoms with Crippen molar-refractivity contribution >= 4 is 5.57 Å². The Hall–Kier alpha value is -0.980. The normalized spacial score (nSPS) is 13.4. The zero-order chi connectivity index (χ0) is 10.8. The lowest BCUT2D eigenvalue weighted by atomic mass is 9.93. The van der Waals surface area contributed by atoms with Crippen molar-refractivity contribution in [2.45, 2.75) is 41.2 Å². The standard InChI is InChI=1S/C13H21N/c1-6-14-9-7-8-12(14)11(2)10-13(3,4)5/h7-10H,6H2,1-5H3/b11-10+. The Balaban J connectivity index is 3.00. The molecule has 1 heterocycles. The molecule has 0 N–H and O–H groups in total. The van der Waals surface area contributed by atoms with Gasteiger partial charge in [-0.25, -0.2) is 0 Å². The van der Waals surface area contributed by atoms with Crippen molar-refractivity contribution in [1.29, 1.82) is 0 Å². The van der Waals surface area contributed by atoms with Gasteiger partial charge in [0.05, 0.1) is 0 Å². The van der Waals surface area contributed by atoms with Crippen molar-refractivity contribution in [3.63, 3.8) is 0 Å². The number of allylic oxidation sites excluding steroid dienone is 2. The van der Waals surface area contributed by atoms with Gasteiger partial charge >= 0.3 is 0 Å². The number of aromatic nitrogens is 1. The maximum Gasteiger partial charge on any atom is 0.0433 e. The monoisotopic (exact) mass is 191 g/mol. The molecule has 0 unspecified atom stereocenters. The summed E-state index contributed by atoms with van der Waals surface area (Å²) in [6.45, 7) is 12.1. The van der Waals surface area contributed by atoms with Crippen molar-refractivity contribution in [2.75, 3.05) is 0 Å². The first-order valence-electron chi connectivity index (χ1n) is 5.29. The van der Waals surface area contributed by atoms with Gasteiger partial charge in [0.25, 0.3) is 0 Å². The second kappa shape index (κ2) is 4.04. The van der Waals surface area contributed by atoms with Gasteiger partial charge in [-0.2, -0.15) is 0 Å². The number of hydrogen-bond donors (Lipinski definition) is 0. The van der Waals surface area contributed by atoms with Gasteiger partial charge in [-0.1, -0.05) is 26.8 Å². The zero-order valence-corrected chi connectivity index (χ0v) is 9.96. The van der Waals surface area contributed by atoms with E-state index in [9.17, 15) is 0 Å². The van der Waals surface area contributed by atoms with Crippen molar-refractivity contribution in [1.82, 2.24) is 4.57 Å². The van der Waals surface area contributed by atoms with E-state index in [0.717, 1.165) is 6.54 Å². The Morgan fingerprint density at radius 2 is 2.07 bits per heavy atom. The fraction of sp³-hybridized carbons (Fsp3) is 0.538. The summed E-state index contributed by atoms with van der Waals surface area (Å²) in [5.74, 6) is 0. The molecule has 14 heavy (non-hydrogen) atoms. The van der Waals surface area contributed by atoms with Crippen LogP contribution in [-0.2, 0) is 6.54 Å². The summed E-state index contributed by atoms with van der Waals surface area (Å²) in [5, 5.41) is 0. The third-order valence-corrected chi connectivity index (χ3v) is 2.22. The highest BCUT2D eigenvalue weighted by atomic mass is 15.0. The van der Waals surface area contributed by atoms with Crippen molar-refractivity contribution < 1.29 is 0 Å². The molecular weight excluding hydrogens is 170 g/mol. The highest BCUT2D eigenvalue weighted by Gasteiger charge is 2.08. The molecule has 0 bridgehead atoms. The van der Waals surface area contributed by atoms with Gasteiger partial charge in [0.2, 0.25) is 0 Å². The molecule has 0 spiro atoms. The molecule has 1 nitrogen and oxygen atoms in total. The predicted molar refractivity (Wildman–Crippen MR) is 63.2 cm³/mol. The van der Waals surface area contributed by atoms with E-state index in [2.05, 4.69) is 63.6 Å². The summed E-state index contributed by atoms with van der Waals surface area (Å²) < 4.78 is 2.28. The molecule has 0 saturated carbocycles. The van der Waals surface area contributed by atoms with E-state index in [0.29, 0.717) is 0 Å². The van der Waals surface area contributed by atoms with Crippen LogP contribution in [0.2, 0.25) is 0 Å². The molecule has 0 aliphatic carbocycles. The van der Waals surface area contributed by atoms with Crippen LogP contribution in [0, 0.1) is 5.41 Å². The van der Waals surface area contributed by atoms with Crippen LogP contribution in [0.25, 0.3) is 5.57 Å². The van der Waals surface area contributed by atoms with Crippen LogP contribution >= 0.6 is 0 Å². The molecule has 1 aromatic heterocycles. The number of hydrogen-bond acceptors (Lipinski definition) is 0. The highest BCUT2D eigenvalue weighted by molar-refractivity contribution is 5.61. The van der Waals surface area contributed by atoms with Gasteiger partial charge < -0.3 is 4.57 Å². The average Bonchev–Trinajstić information content (AvgIpc) is 2.47. The minimum Gasteiger partial charge on any atom is -0.348 e. The summed E-state index contributed by atoms with van der Waals surface area (Å²) in [4.78, 5) is 0. The van der Waals surface area contributed by atoms with Gasteiger partial charge in [0.1, 0.15) is 0 Å². The molecule has 0 fully saturated rings. The molecule has 0 atom stereocenters. The Labute approximate surface area is 87.4 Å². The van der Waals surface area contributed by atoms with Crippen molar-refractivity contribution in [3.8, 4) is 0 Å². The molecule has 0 saturated heterocycles. The van der Waals surface area contributed by atoms with Crippen LogP contribution in [0.15, 0.2) is 24.4 Å². The van der Waals surface area contributed by atoms with Crippen LogP contribution in [0.5, 0.6) is 0 Å². The van der Waals surface area contributed by atoms with Crippen molar-refractivity contribution in [2.24, 2.45) is 5.41 Å². The smallest absolute Gasteiger partial charge is 0.0433 e. The number of nitrogens with zero attached hydrogens (tertiary/aromatic N) is 1. The molecule has 0 aromatic carbocycles. The van der Waals surface area contributed by atoms with Crippen LogP contribution in [-0.4, -0.2) is 4.57 Å². The molecule has 78 valence electrons. The molecule has 0 aliphatic heterocycles. The first kappa shape index (κ1) is 11.1. The van der Waals surface area contributed by atoms with Gasteiger partial charge in [0, 0.05) is 18.4 Å². The maximum absolute atomic E-state index is 2.33. The van der Waals surface area contributed by atoms with Crippen LogP contribution in [0.3, 0.4) is 0 Å². The Morgan fingerprint density at radius 1 is 1.43 bits per heavy atom. The van der Waals surface area contributed by atoms with Crippen LogP contribution in [0.1, 0.15) is 40.3 Å². The second-order valence-electron chi connectivity index (χ2n) is 4.87. The van der Waals surface area contributed by atoms with E-state index in [1.54, 1.807) is 0 Å². The predicted octanol–water partition coefficient (Wildman–Crippen LogP) is 3.96. The van der Waals surface area contributed by atoms with Gasteiger partial charge in [-0.3, -0.25) is 0 Å². The number of aryl methyl sites for hydroxylation is 1. The lowest BCUT2D eigenvalue weighted by molar-refractivity contribution is 0.545. The zero-order valence-electron chi connectivity index (χ0n) is 9.96. The molecule has 0 amide bonds. The second-order valence-corrected chi connectivity index (χ2v) is 4.87. The fourth-order valence-corrected chi connectivity index (χ4v) is 1.77. The third-order valence-electron chi connectivity index (χ3n) is 2.22. The van der Waals surface area contributed by atoms with Gasteiger partial charge in [0.15, 0.2) is 0 Å². The molecule has 1 aromatic rings. The van der Waals surface area contributed by atoms with E-state index < -0.39 is 0 Å². The van der Waals surface area contributed by atoms with Crippen LogP contribution < -0.4 is 0 Å². The van der Waals surface area contributed by atoms with E-state index >= 15 is 0 Å². The van der Waals surface area contributed by atoms with Crippen LogP contribution in [0.4, 0.5) is 0 Å². The highest BCUT2D eigenvalue weighted by Crippen LogP contribution is 2.23. The Kier molecular flexibility index (Phi) is 3.20. The van der Waals surface area contributed by atoms with E-state index in [1.165, 1.54) is 11.3 Å². The minimum absolute atomic E-state index is 0.257. The van der Waals surface area contributed by atoms with E-state index in [1.807, 2.05) is 0 Å². The lowest BCUT2D eigenvalue weighted by Gasteiger charge is -2.15. The average molecular weight is 191 g/mol. The summed E-state index contributed by atoms with van der Waals surface area (Å²) in [5.41, 5.74) is 2.96. The first-order valence-corrected chi connectivity index (χ1v) is 5.29. The molecule has 0 aliphatic rings. The quantitative estimate of drug-likeness (QED) is 0.667. The summed E-state index contributed by atoms with van der Waals surface area (Å²) in [6, 6.07) is 4.29. The molecule has 0 radical (unpaired) electrons. The summed E-state index contributed by atoms with van der Waals surface area (Å²) in [6.07, 6.45) is 4.46. The Bertz CT molecular complexity index is 323. The molecular formula is C13H21N. The maximum atomic E-state index is 2.33. The fourth-order valence-electron chi connectivity index (χ4n) is 1.77. The number of rotatable bonds is 2. The third kappa shape index (κ3) is 2.76. The minimum atomic E-state index is 0.257. The summed E-state index contributed by atoms with van der Waals surface area (Å²) >= 11 is 0. The van der Waals surface area contributed by atoms with Gasteiger partial charge in [-0.15, -0.1) is 0 Å². The lowest BCUT2D eigenvalue weighted by Crippen LogP contribution is -2.03. The molecule has 1 heteroatoms. The van der Waals surface area contributed by atoms with Crippen molar-refractivity contribution in [3.05, 3.63) is 30.1 Å². The SMILES string of the molecule is CCn1cccc1/C(C)=C/C(C)(C)C. The van der Waals surface area contributed by atoms with E-state index in [-0.39, 0.29) is 5.41 Å². The first-order chi connectivity index (χ1) is 6.44. The largest absolute Gasteiger partial charge is 0.348 e. The topological polar surface area (TPSA) is 4.93 Å². The van der Waals surface area contributed by atoms with E-state index in [4.69, 9.17) is 0 Å². The molecule has 1 rings (SSSR count). The summed E-state index contributed by atoms with van der Waals surface area (Å²) in [7, 11) is 0. The van der Waals surface area contributed by atoms with Gasteiger partial charge in [-0.05, 0) is 37.0 Å². The Morgan fingerprint density at radius 3 is 2.57 bits per heavy atom.